The molecule has 2 nitrogen and oxygen atoms in total. The molecule has 0 spiro atoms. The second kappa shape index (κ2) is 6.31. The molecule has 0 aliphatic rings. The topological polar surface area (TPSA) is 15.3 Å². The first-order chi connectivity index (χ1) is 7.94. The molecule has 1 N–H and O–H groups in total. The first-order valence-electron chi connectivity index (χ1n) is 5.97. The predicted octanol–water partition coefficient (Wildman–Crippen LogP) is 2.98. The van der Waals surface area contributed by atoms with Gasteiger partial charge in [0, 0.05) is 37.6 Å². The Balaban J connectivity index is 2.42. The highest BCUT2D eigenvalue weighted by atomic mass is 32.2. The van der Waals surface area contributed by atoms with E-state index in [1.54, 1.807) is 0 Å². The Hall–Kier alpha value is -0.670. The standard InChI is InChI=1S/C14H24N2S/c1-14(2,17-5)11-15-10-12-6-8-13(9-7-12)16(3)4/h6-9,15H,10-11H2,1-5H3. The van der Waals surface area contributed by atoms with Gasteiger partial charge < -0.3 is 10.2 Å². The summed E-state index contributed by atoms with van der Waals surface area (Å²) in [4.78, 5) is 2.12. The molecule has 0 radical (unpaired) electrons. The molecule has 0 atom stereocenters. The van der Waals surface area contributed by atoms with Crippen molar-refractivity contribution in [3.05, 3.63) is 29.8 Å². The molecule has 0 amide bonds. The molecular formula is C14H24N2S. The van der Waals surface area contributed by atoms with E-state index < -0.39 is 0 Å². The number of rotatable bonds is 6. The summed E-state index contributed by atoms with van der Waals surface area (Å²) in [7, 11) is 4.13. The van der Waals surface area contributed by atoms with Crippen molar-refractivity contribution in [2.45, 2.75) is 25.1 Å². The average Bonchev–Trinajstić information content (AvgIpc) is 2.29. The molecule has 96 valence electrons. The van der Waals surface area contributed by atoms with E-state index in [9.17, 15) is 0 Å². The second-order valence-corrected chi connectivity index (χ2v) is 6.64. The highest BCUT2D eigenvalue weighted by Gasteiger charge is 2.14. The number of hydrogen-bond acceptors (Lipinski definition) is 3. The Kier molecular flexibility index (Phi) is 5.34. The number of nitrogens with zero attached hydrogens (tertiary/aromatic N) is 1. The summed E-state index contributed by atoms with van der Waals surface area (Å²) in [5.74, 6) is 0. The van der Waals surface area contributed by atoms with E-state index in [-0.39, 0.29) is 0 Å². The van der Waals surface area contributed by atoms with Gasteiger partial charge in [0.05, 0.1) is 0 Å². The van der Waals surface area contributed by atoms with Crippen LogP contribution in [-0.4, -0.2) is 31.6 Å². The van der Waals surface area contributed by atoms with Crippen LogP contribution in [0.25, 0.3) is 0 Å². The van der Waals surface area contributed by atoms with E-state index in [1.807, 2.05) is 11.8 Å². The SMILES string of the molecule is CSC(C)(C)CNCc1ccc(N(C)C)cc1. The highest BCUT2D eigenvalue weighted by Crippen LogP contribution is 2.19. The molecule has 1 aromatic rings. The number of benzene rings is 1. The van der Waals surface area contributed by atoms with Crippen molar-refractivity contribution in [3.8, 4) is 0 Å². The minimum Gasteiger partial charge on any atom is -0.378 e. The summed E-state index contributed by atoms with van der Waals surface area (Å²) in [6.07, 6.45) is 2.16. The fourth-order valence-corrected chi connectivity index (χ4v) is 1.74. The second-order valence-electron chi connectivity index (χ2n) is 5.13. The highest BCUT2D eigenvalue weighted by molar-refractivity contribution is 7.99. The Morgan fingerprint density at radius 2 is 1.76 bits per heavy atom. The van der Waals surface area contributed by atoms with Gasteiger partial charge in [-0.1, -0.05) is 12.1 Å². The van der Waals surface area contributed by atoms with Crippen molar-refractivity contribution in [1.29, 1.82) is 0 Å². The lowest BCUT2D eigenvalue weighted by molar-refractivity contribution is 0.591. The van der Waals surface area contributed by atoms with Gasteiger partial charge in [0.15, 0.2) is 0 Å². The monoisotopic (exact) mass is 252 g/mol. The summed E-state index contributed by atoms with van der Waals surface area (Å²) in [5.41, 5.74) is 2.59. The molecule has 0 aromatic heterocycles. The van der Waals surface area contributed by atoms with Crippen LogP contribution in [0.3, 0.4) is 0 Å². The van der Waals surface area contributed by atoms with Gasteiger partial charge in [-0.2, -0.15) is 11.8 Å². The Bertz CT molecular complexity index is 331. The summed E-state index contributed by atoms with van der Waals surface area (Å²) >= 11 is 1.90. The molecule has 0 saturated carbocycles. The molecule has 1 aromatic carbocycles. The zero-order valence-electron chi connectivity index (χ0n) is 11.6. The molecule has 3 heteroatoms. The van der Waals surface area contributed by atoms with Gasteiger partial charge in [0.25, 0.3) is 0 Å². The van der Waals surface area contributed by atoms with E-state index in [0.29, 0.717) is 4.75 Å². The van der Waals surface area contributed by atoms with Crippen molar-refractivity contribution in [2.75, 3.05) is 31.8 Å². The minimum atomic E-state index is 0.309. The van der Waals surface area contributed by atoms with Crippen molar-refractivity contribution >= 4 is 17.4 Å². The quantitative estimate of drug-likeness (QED) is 0.838. The molecule has 0 saturated heterocycles. The Labute approximate surface area is 110 Å². The zero-order chi connectivity index (χ0) is 12.9. The summed E-state index contributed by atoms with van der Waals surface area (Å²) in [5, 5.41) is 3.51. The lowest BCUT2D eigenvalue weighted by atomic mass is 10.1. The van der Waals surface area contributed by atoms with Gasteiger partial charge in [0.1, 0.15) is 0 Å². The molecule has 0 heterocycles. The first kappa shape index (κ1) is 14.4. The minimum absolute atomic E-state index is 0.309. The maximum atomic E-state index is 3.51. The van der Waals surface area contributed by atoms with Gasteiger partial charge in [-0.05, 0) is 37.8 Å². The van der Waals surface area contributed by atoms with Crippen LogP contribution in [0.5, 0.6) is 0 Å². The van der Waals surface area contributed by atoms with E-state index in [2.05, 4.69) is 68.7 Å². The third kappa shape index (κ3) is 5.00. The number of thioether (sulfide) groups is 1. The van der Waals surface area contributed by atoms with Gasteiger partial charge in [0.2, 0.25) is 0 Å². The number of nitrogens with one attached hydrogen (secondary N) is 1. The molecule has 0 aliphatic heterocycles. The van der Waals surface area contributed by atoms with Crippen LogP contribution in [0.1, 0.15) is 19.4 Å². The van der Waals surface area contributed by atoms with Crippen LogP contribution < -0.4 is 10.2 Å². The van der Waals surface area contributed by atoms with Gasteiger partial charge in [-0.3, -0.25) is 0 Å². The summed E-state index contributed by atoms with van der Waals surface area (Å²) in [6.45, 7) is 6.50. The van der Waals surface area contributed by atoms with Gasteiger partial charge in [-0.15, -0.1) is 0 Å². The van der Waals surface area contributed by atoms with Gasteiger partial charge in [-0.25, -0.2) is 0 Å². The molecule has 0 fully saturated rings. The molecule has 1 rings (SSSR count). The van der Waals surface area contributed by atoms with Crippen LogP contribution in [0.2, 0.25) is 0 Å². The van der Waals surface area contributed by atoms with Crippen molar-refractivity contribution in [1.82, 2.24) is 5.32 Å². The number of anilines is 1. The molecular weight excluding hydrogens is 228 g/mol. The number of hydrogen-bond donors (Lipinski definition) is 1. The van der Waals surface area contributed by atoms with Crippen molar-refractivity contribution in [2.24, 2.45) is 0 Å². The lowest BCUT2D eigenvalue weighted by Crippen LogP contribution is -2.31. The first-order valence-corrected chi connectivity index (χ1v) is 7.19. The molecule has 0 bridgehead atoms. The van der Waals surface area contributed by atoms with Crippen LogP contribution >= 0.6 is 11.8 Å². The normalized spacial score (nSPS) is 11.6. The van der Waals surface area contributed by atoms with E-state index in [1.165, 1.54) is 11.3 Å². The Morgan fingerprint density at radius 3 is 2.24 bits per heavy atom. The van der Waals surface area contributed by atoms with Crippen LogP contribution in [0.4, 0.5) is 5.69 Å². The van der Waals surface area contributed by atoms with E-state index in [4.69, 9.17) is 0 Å². The fourth-order valence-electron chi connectivity index (χ4n) is 1.49. The largest absolute Gasteiger partial charge is 0.378 e. The maximum Gasteiger partial charge on any atom is 0.0361 e. The van der Waals surface area contributed by atoms with Crippen molar-refractivity contribution in [3.63, 3.8) is 0 Å². The van der Waals surface area contributed by atoms with E-state index in [0.717, 1.165) is 13.1 Å². The molecule has 0 unspecified atom stereocenters. The summed E-state index contributed by atoms with van der Waals surface area (Å²) in [6, 6.07) is 8.70. The van der Waals surface area contributed by atoms with Crippen LogP contribution in [-0.2, 0) is 6.54 Å². The van der Waals surface area contributed by atoms with E-state index >= 15 is 0 Å². The average molecular weight is 252 g/mol. The lowest BCUT2D eigenvalue weighted by Gasteiger charge is -2.22. The fraction of sp³-hybridized carbons (Fsp3) is 0.571. The maximum absolute atomic E-state index is 3.51. The Morgan fingerprint density at radius 1 is 1.18 bits per heavy atom. The third-order valence-electron chi connectivity index (χ3n) is 2.89. The molecule has 0 aliphatic carbocycles. The van der Waals surface area contributed by atoms with Gasteiger partial charge >= 0.3 is 0 Å². The van der Waals surface area contributed by atoms with Crippen molar-refractivity contribution < 1.29 is 0 Å². The smallest absolute Gasteiger partial charge is 0.0361 e. The predicted molar refractivity (Wildman–Crippen MR) is 80.1 cm³/mol. The van der Waals surface area contributed by atoms with Crippen LogP contribution in [0, 0.1) is 0 Å². The third-order valence-corrected chi connectivity index (χ3v) is 4.13. The summed E-state index contributed by atoms with van der Waals surface area (Å²) < 4.78 is 0.309. The molecule has 17 heavy (non-hydrogen) atoms. The zero-order valence-corrected chi connectivity index (χ0v) is 12.4. The van der Waals surface area contributed by atoms with Crippen LogP contribution in [0.15, 0.2) is 24.3 Å².